The zero-order valence-corrected chi connectivity index (χ0v) is 42.4. The van der Waals surface area contributed by atoms with Gasteiger partial charge in [0.2, 0.25) is 29.5 Å². The van der Waals surface area contributed by atoms with Crippen molar-refractivity contribution < 1.29 is 38.6 Å². The van der Waals surface area contributed by atoms with Crippen LogP contribution in [-0.4, -0.2) is 136 Å². The zero-order valence-electron chi connectivity index (χ0n) is 40.8. The molecule has 2 saturated heterocycles. The Bertz CT molecular complexity index is 2720. The summed E-state index contributed by atoms with van der Waals surface area (Å²) >= 11 is 7.63. The Balaban J connectivity index is 0.861. The van der Waals surface area contributed by atoms with Crippen LogP contribution in [0.3, 0.4) is 0 Å². The van der Waals surface area contributed by atoms with E-state index < -0.39 is 41.3 Å². The lowest BCUT2D eigenvalue weighted by Gasteiger charge is -2.36. The van der Waals surface area contributed by atoms with E-state index in [0.717, 1.165) is 32.6 Å². The molecule has 0 aliphatic carbocycles. The molecule has 2 aromatic heterocycles. The third-order valence-electron chi connectivity index (χ3n) is 13.3. The number of fused-ring (bicyclic) bond motifs is 1. The summed E-state index contributed by atoms with van der Waals surface area (Å²) in [5.74, 6) is -1.33. The lowest BCUT2D eigenvalue weighted by Crippen LogP contribution is -2.58. The number of hydrogen-bond acceptors (Lipinski definition) is 11. The second-order valence-corrected chi connectivity index (χ2v) is 20.5. The number of hydrogen-bond donors (Lipinski definition) is 4. The minimum Gasteiger partial charge on any atom is -0.497 e. The molecule has 0 radical (unpaired) electrons. The first-order valence-electron chi connectivity index (χ1n) is 23.7. The second kappa shape index (κ2) is 22.3. The molecular weight excluding hydrogens is 932 g/mol. The summed E-state index contributed by atoms with van der Waals surface area (Å²) < 4.78 is 7.09. The van der Waals surface area contributed by atoms with Gasteiger partial charge in [-0.25, -0.2) is 4.98 Å². The van der Waals surface area contributed by atoms with Crippen LogP contribution in [0.15, 0.2) is 72.2 Å². The Morgan fingerprint density at radius 1 is 0.914 bits per heavy atom. The Kier molecular flexibility index (Phi) is 16.5. The van der Waals surface area contributed by atoms with Crippen LogP contribution in [0, 0.1) is 19.3 Å². The van der Waals surface area contributed by atoms with Crippen molar-refractivity contribution >= 4 is 69.3 Å². The molecule has 4 heterocycles. The van der Waals surface area contributed by atoms with Gasteiger partial charge in [-0.3, -0.25) is 38.2 Å². The number of aromatic nitrogens is 2. The van der Waals surface area contributed by atoms with Gasteiger partial charge < -0.3 is 35.6 Å². The van der Waals surface area contributed by atoms with Crippen LogP contribution in [-0.2, 0) is 30.4 Å². The fourth-order valence-electron chi connectivity index (χ4n) is 9.22. The molecule has 4 N–H and O–H groups in total. The molecule has 2 aliphatic rings. The van der Waals surface area contributed by atoms with E-state index in [0.29, 0.717) is 66.8 Å². The molecule has 5 aromatic rings. The Labute approximate surface area is 417 Å². The SMILES string of the molecule is COc1ccc2c(c1)c(CC(=O)NCCN1CCN(C(=O)CCC(=O)N[C@H](C(=O)N3C[C@H](O)C[C@H]3C(=O)N[C@@H](C)c3ccc(-c4scnc4C)cc3)C(C)(C)C)CC1)c(C)n2C(=O)c1ccc(Cl)cc1. The van der Waals surface area contributed by atoms with Gasteiger partial charge in [0.25, 0.3) is 5.91 Å². The molecule has 2 aliphatic heterocycles. The van der Waals surface area contributed by atoms with Crippen LogP contribution in [0.4, 0.5) is 0 Å². The molecule has 4 atom stereocenters. The van der Waals surface area contributed by atoms with Crippen molar-refractivity contribution in [3.05, 3.63) is 105 Å². The summed E-state index contributed by atoms with van der Waals surface area (Å²) in [5.41, 5.74) is 6.44. The highest BCUT2D eigenvalue weighted by Gasteiger charge is 2.45. The quantitative estimate of drug-likeness (QED) is 0.0955. The molecule has 70 heavy (non-hydrogen) atoms. The number of ether oxygens (including phenoxy) is 1. The van der Waals surface area contributed by atoms with Crippen LogP contribution in [0.1, 0.15) is 85.9 Å². The van der Waals surface area contributed by atoms with Gasteiger partial charge in [-0.05, 0) is 85.3 Å². The molecule has 7 rings (SSSR count). The molecular formula is C52H63ClN8O8S. The topological polar surface area (TPSA) is 196 Å². The third-order valence-corrected chi connectivity index (χ3v) is 14.5. The minimum absolute atomic E-state index is 0.0455. The number of rotatable bonds is 16. The number of nitrogens with zero attached hydrogens (tertiary/aromatic N) is 5. The summed E-state index contributed by atoms with van der Waals surface area (Å²) in [6.45, 7) is 14.1. The number of aryl methyl sites for hydroxylation is 1. The van der Waals surface area contributed by atoms with Crippen molar-refractivity contribution in [3.8, 4) is 16.2 Å². The molecule has 16 nitrogen and oxygen atoms in total. The van der Waals surface area contributed by atoms with Crippen LogP contribution in [0.5, 0.6) is 5.75 Å². The lowest BCUT2D eigenvalue weighted by molar-refractivity contribution is -0.144. The van der Waals surface area contributed by atoms with Gasteiger partial charge in [-0.2, -0.15) is 0 Å². The minimum atomic E-state index is -1.02. The number of methoxy groups -OCH3 is 1. The standard InChI is InChI=1S/C52H63ClN8O8S/c1-31(34-8-10-35(11-9-34)47-32(2)55-30-70-47)56-49(66)43-26-38(62)29-60(43)51(68)48(52(4,5)6)57-44(63)18-19-46(65)59-24-22-58(23-25-59)21-20-54-45(64)28-40-33(3)61(42-17-16-39(69-7)27-41(40)42)50(67)36-12-14-37(53)15-13-36/h8-17,27,30-31,38,43,48,62H,18-26,28-29H2,1-7H3,(H,54,64)(H,56,66)(H,57,63)/t31-,38+,43-,48+/m0/s1. The summed E-state index contributed by atoms with van der Waals surface area (Å²) in [7, 11) is 1.57. The maximum Gasteiger partial charge on any atom is 0.262 e. The van der Waals surface area contributed by atoms with Gasteiger partial charge in [0.1, 0.15) is 17.8 Å². The average Bonchev–Trinajstić information content (AvgIpc) is 4.03. The first-order valence-corrected chi connectivity index (χ1v) is 24.9. The highest BCUT2D eigenvalue weighted by molar-refractivity contribution is 7.13. The number of benzene rings is 3. The third kappa shape index (κ3) is 12.1. The van der Waals surface area contributed by atoms with Gasteiger partial charge in [-0.1, -0.05) is 56.6 Å². The Morgan fingerprint density at radius 3 is 2.26 bits per heavy atom. The van der Waals surface area contributed by atoms with Gasteiger partial charge >= 0.3 is 0 Å². The largest absolute Gasteiger partial charge is 0.497 e. The highest BCUT2D eigenvalue weighted by atomic mass is 35.5. The number of halogens is 1. The van der Waals surface area contributed by atoms with E-state index in [1.54, 1.807) is 63.8 Å². The summed E-state index contributed by atoms with van der Waals surface area (Å²) in [5, 5.41) is 20.8. The summed E-state index contributed by atoms with van der Waals surface area (Å²) in [4.78, 5) is 92.3. The van der Waals surface area contributed by atoms with E-state index in [1.807, 2.05) is 77.9 Å². The van der Waals surface area contributed by atoms with E-state index in [1.165, 1.54) is 4.90 Å². The average molecular weight is 996 g/mol. The predicted molar refractivity (Wildman–Crippen MR) is 270 cm³/mol. The summed E-state index contributed by atoms with van der Waals surface area (Å²) in [6, 6.07) is 17.7. The molecule has 0 unspecified atom stereocenters. The number of aliphatic hydroxyl groups is 1. The summed E-state index contributed by atoms with van der Waals surface area (Å²) in [6.07, 6.45) is -0.964. The van der Waals surface area contributed by atoms with Gasteiger partial charge in [0.15, 0.2) is 0 Å². The number of nitrogens with one attached hydrogen (secondary N) is 3. The predicted octanol–water partition coefficient (Wildman–Crippen LogP) is 5.69. The van der Waals surface area contributed by atoms with Crippen LogP contribution < -0.4 is 20.7 Å². The first-order chi connectivity index (χ1) is 33.3. The first kappa shape index (κ1) is 51.7. The van der Waals surface area contributed by atoms with E-state index >= 15 is 0 Å². The van der Waals surface area contributed by atoms with Gasteiger partial charge in [0.05, 0.1) is 47.3 Å². The molecule has 372 valence electrons. The van der Waals surface area contributed by atoms with E-state index in [9.17, 15) is 33.9 Å². The van der Waals surface area contributed by atoms with Crippen molar-refractivity contribution in [1.82, 2.24) is 40.2 Å². The smallest absolute Gasteiger partial charge is 0.262 e. The molecule has 0 spiro atoms. The van der Waals surface area contributed by atoms with Gasteiger partial charge in [0, 0.05) is 86.7 Å². The number of likely N-dealkylation sites (tertiary alicyclic amines) is 1. The van der Waals surface area contributed by atoms with E-state index in [2.05, 4.69) is 25.8 Å². The molecule has 5 amide bonds. The molecule has 2 fully saturated rings. The number of β-amino-alcohol motifs (C(OH)–C–C–N with tert-alkyl or cyclic N) is 1. The number of aliphatic hydroxyl groups excluding tert-OH is 1. The lowest BCUT2D eigenvalue weighted by atomic mass is 9.85. The maximum atomic E-state index is 14.2. The van der Waals surface area contributed by atoms with Crippen molar-refractivity contribution in [2.24, 2.45) is 5.41 Å². The molecule has 18 heteroatoms. The monoisotopic (exact) mass is 994 g/mol. The number of carbonyl (C=O) groups excluding carboxylic acids is 6. The second-order valence-electron chi connectivity index (χ2n) is 19.2. The van der Waals surface area contributed by atoms with Crippen molar-refractivity contribution in [2.45, 2.75) is 91.5 Å². The number of piperazine rings is 1. The Hall–Kier alpha value is -6.14. The van der Waals surface area contributed by atoms with Gasteiger partial charge in [-0.15, -0.1) is 11.3 Å². The zero-order chi connectivity index (χ0) is 50.4. The van der Waals surface area contributed by atoms with Crippen LogP contribution in [0.25, 0.3) is 21.3 Å². The molecule has 3 aromatic carbocycles. The highest BCUT2D eigenvalue weighted by Crippen LogP contribution is 2.32. The molecule has 0 saturated carbocycles. The molecule has 0 bridgehead atoms. The number of carbonyl (C=O) groups is 6. The van der Waals surface area contributed by atoms with Crippen molar-refractivity contribution in [1.29, 1.82) is 0 Å². The number of thiazole rings is 1. The fourth-order valence-corrected chi connectivity index (χ4v) is 10.2. The van der Waals surface area contributed by atoms with Crippen LogP contribution >= 0.6 is 22.9 Å². The van der Waals surface area contributed by atoms with Crippen LogP contribution in [0.2, 0.25) is 5.02 Å². The number of amides is 5. The van der Waals surface area contributed by atoms with E-state index in [-0.39, 0.29) is 56.0 Å². The Morgan fingerprint density at radius 2 is 1.61 bits per heavy atom. The van der Waals surface area contributed by atoms with Crippen molar-refractivity contribution in [2.75, 3.05) is 52.9 Å². The fraction of sp³-hybridized carbons (Fsp3) is 0.442. The normalized spacial score (nSPS) is 17.3. The maximum absolute atomic E-state index is 14.2. The van der Waals surface area contributed by atoms with Crippen molar-refractivity contribution in [3.63, 3.8) is 0 Å². The van der Waals surface area contributed by atoms with E-state index in [4.69, 9.17) is 16.3 Å².